The average molecular weight is 224 g/mol. The molecule has 1 aliphatic carbocycles. The van der Waals surface area contributed by atoms with Crippen molar-refractivity contribution in [3.63, 3.8) is 0 Å². The summed E-state index contributed by atoms with van der Waals surface area (Å²) < 4.78 is 12.7. The molecular weight excluding hydrogens is 211 g/mol. The van der Waals surface area contributed by atoms with Gasteiger partial charge >= 0.3 is 0 Å². The van der Waals surface area contributed by atoms with Crippen molar-refractivity contribution in [2.24, 2.45) is 0 Å². The first-order valence-electron chi connectivity index (χ1n) is 5.20. The fourth-order valence-electron chi connectivity index (χ4n) is 1.75. The highest BCUT2D eigenvalue weighted by molar-refractivity contribution is 8.00. The Morgan fingerprint density at radius 2 is 1.93 bits per heavy atom. The van der Waals surface area contributed by atoms with Gasteiger partial charge in [0.15, 0.2) is 0 Å². The number of halogens is 1. The molecule has 3 heteroatoms. The van der Waals surface area contributed by atoms with E-state index < -0.39 is 0 Å². The minimum absolute atomic E-state index is 0.0872. The van der Waals surface area contributed by atoms with Crippen molar-refractivity contribution in [2.45, 2.75) is 35.8 Å². The van der Waals surface area contributed by atoms with Gasteiger partial charge in [-0.1, -0.05) is 6.42 Å². The Labute approximate surface area is 93.1 Å². The van der Waals surface area contributed by atoms with E-state index in [9.17, 15) is 9.18 Å². The topological polar surface area (TPSA) is 17.1 Å². The lowest BCUT2D eigenvalue weighted by Crippen LogP contribution is -2.21. The zero-order chi connectivity index (χ0) is 10.7. The van der Waals surface area contributed by atoms with Crippen LogP contribution in [0.15, 0.2) is 29.2 Å². The third-order valence-electron chi connectivity index (χ3n) is 2.59. The SMILES string of the molecule is O=C1CCCCC1Sc1ccc(F)cc1. The molecule has 0 bridgehead atoms. The molecule has 1 aliphatic rings. The Morgan fingerprint density at radius 3 is 2.60 bits per heavy atom. The second-order valence-corrected chi connectivity index (χ2v) is 5.05. The van der Waals surface area contributed by atoms with Crippen molar-refractivity contribution in [3.05, 3.63) is 30.1 Å². The van der Waals surface area contributed by atoms with Gasteiger partial charge in [0.25, 0.3) is 0 Å². The quantitative estimate of drug-likeness (QED) is 0.765. The summed E-state index contributed by atoms with van der Waals surface area (Å²) in [6.45, 7) is 0. The van der Waals surface area contributed by atoms with Crippen LogP contribution in [0.4, 0.5) is 4.39 Å². The smallest absolute Gasteiger partial charge is 0.146 e. The summed E-state index contributed by atoms with van der Waals surface area (Å²) in [6.07, 6.45) is 3.82. The van der Waals surface area contributed by atoms with Crippen LogP contribution in [0, 0.1) is 5.82 Å². The molecule has 0 amide bonds. The minimum Gasteiger partial charge on any atom is -0.298 e. The molecule has 0 spiro atoms. The number of rotatable bonds is 2. The summed E-state index contributed by atoms with van der Waals surface area (Å²) in [5, 5.41) is 0.0872. The van der Waals surface area contributed by atoms with Crippen LogP contribution in [-0.4, -0.2) is 11.0 Å². The highest BCUT2D eigenvalue weighted by Gasteiger charge is 2.22. The van der Waals surface area contributed by atoms with Gasteiger partial charge in [0.05, 0.1) is 5.25 Å². The highest BCUT2D eigenvalue weighted by Crippen LogP contribution is 2.31. The molecule has 0 aromatic heterocycles. The van der Waals surface area contributed by atoms with Crippen LogP contribution in [0.1, 0.15) is 25.7 Å². The van der Waals surface area contributed by atoms with Crippen LogP contribution in [0.25, 0.3) is 0 Å². The van der Waals surface area contributed by atoms with Gasteiger partial charge in [-0.3, -0.25) is 4.79 Å². The maximum atomic E-state index is 12.7. The lowest BCUT2D eigenvalue weighted by molar-refractivity contribution is -0.119. The molecular formula is C12H13FOS. The predicted octanol–water partition coefficient (Wildman–Crippen LogP) is 3.43. The maximum Gasteiger partial charge on any atom is 0.146 e. The largest absolute Gasteiger partial charge is 0.298 e. The van der Waals surface area contributed by atoms with Crippen LogP contribution in [0.3, 0.4) is 0 Å². The number of thioether (sulfide) groups is 1. The van der Waals surface area contributed by atoms with Crippen LogP contribution in [-0.2, 0) is 4.79 Å². The summed E-state index contributed by atoms with van der Waals surface area (Å²) in [7, 11) is 0. The Morgan fingerprint density at radius 1 is 1.20 bits per heavy atom. The predicted molar refractivity (Wildman–Crippen MR) is 59.5 cm³/mol. The van der Waals surface area contributed by atoms with Crippen molar-refractivity contribution in [3.8, 4) is 0 Å². The number of carbonyl (C=O) groups is 1. The zero-order valence-electron chi connectivity index (χ0n) is 8.41. The molecule has 1 fully saturated rings. The number of hydrogen-bond donors (Lipinski definition) is 0. The van der Waals surface area contributed by atoms with E-state index >= 15 is 0 Å². The fourth-order valence-corrected chi connectivity index (χ4v) is 2.91. The minimum atomic E-state index is -0.227. The molecule has 1 aromatic rings. The summed E-state index contributed by atoms with van der Waals surface area (Å²) in [6, 6.07) is 6.36. The number of benzene rings is 1. The Kier molecular flexibility index (Phi) is 3.41. The molecule has 1 saturated carbocycles. The van der Waals surface area contributed by atoms with Gasteiger partial charge in [0, 0.05) is 11.3 Å². The van der Waals surface area contributed by atoms with E-state index in [2.05, 4.69) is 0 Å². The molecule has 1 unspecified atom stereocenters. The molecule has 1 aromatic carbocycles. The Balaban J connectivity index is 2.01. The van der Waals surface area contributed by atoms with Crippen molar-refractivity contribution >= 4 is 17.5 Å². The monoisotopic (exact) mass is 224 g/mol. The van der Waals surface area contributed by atoms with Crippen molar-refractivity contribution in [2.75, 3.05) is 0 Å². The zero-order valence-corrected chi connectivity index (χ0v) is 9.23. The second kappa shape index (κ2) is 4.79. The third kappa shape index (κ3) is 2.81. The molecule has 1 nitrogen and oxygen atoms in total. The van der Waals surface area contributed by atoms with Gasteiger partial charge < -0.3 is 0 Å². The molecule has 1 atom stereocenters. The van der Waals surface area contributed by atoms with Gasteiger partial charge in [-0.15, -0.1) is 11.8 Å². The number of Topliss-reactive ketones (excluding diaryl/α,β-unsaturated/α-hetero) is 1. The standard InChI is InChI=1S/C12H13FOS/c13-9-5-7-10(8-6-9)15-12-4-2-1-3-11(12)14/h5-8,12H,1-4H2. The van der Waals surface area contributed by atoms with E-state index in [4.69, 9.17) is 0 Å². The molecule has 15 heavy (non-hydrogen) atoms. The van der Waals surface area contributed by atoms with Crippen LogP contribution >= 0.6 is 11.8 Å². The number of hydrogen-bond acceptors (Lipinski definition) is 2. The highest BCUT2D eigenvalue weighted by atomic mass is 32.2. The summed E-state index contributed by atoms with van der Waals surface area (Å²) in [5.74, 6) is 0.116. The summed E-state index contributed by atoms with van der Waals surface area (Å²) in [4.78, 5) is 12.6. The summed E-state index contributed by atoms with van der Waals surface area (Å²) in [5.41, 5.74) is 0. The lowest BCUT2D eigenvalue weighted by atomic mass is 9.99. The first-order chi connectivity index (χ1) is 7.25. The van der Waals surface area contributed by atoms with E-state index in [0.29, 0.717) is 12.2 Å². The van der Waals surface area contributed by atoms with Crippen LogP contribution in [0.5, 0.6) is 0 Å². The van der Waals surface area contributed by atoms with Crippen molar-refractivity contribution in [1.82, 2.24) is 0 Å². The molecule has 0 saturated heterocycles. The molecule has 0 aliphatic heterocycles. The Bertz CT molecular complexity index is 347. The molecule has 0 heterocycles. The molecule has 2 rings (SSSR count). The third-order valence-corrected chi connectivity index (χ3v) is 3.92. The van der Waals surface area contributed by atoms with E-state index in [-0.39, 0.29) is 11.1 Å². The van der Waals surface area contributed by atoms with Crippen molar-refractivity contribution < 1.29 is 9.18 Å². The van der Waals surface area contributed by atoms with Crippen molar-refractivity contribution in [1.29, 1.82) is 0 Å². The van der Waals surface area contributed by atoms with Crippen LogP contribution < -0.4 is 0 Å². The normalized spacial score (nSPS) is 21.7. The van der Waals surface area contributed by atoms with Gasteiger partial charge in [-0.2, -0.15) is 0 Å². The first-order valence-corrected chi connectivity index (χ1v) is 6.08. The maximum absolute atomic E-state index is 12.7. The number of carbonyl (C=O) groups excluding carboxylic acids is 1. The van der Waals surface area contributed by atoms with E-state index in [0.717, 1.165) is 24.2 Å². The molecule has 80 valence electrons. The molecule has 0 N–H and O–H groups in total. The average Bonchev–Trinajstić information content (AvgIpc) is 2.25. The van der Waals surface area contributed by atoms with Gasteiger partial charge in [-0.25, -0.2) is 4.39 Å². The van der Waals surface area contributed by atoms with Crippen LogP contribution in [0.2, 0.25) is 0 Å². The van der Waals surface area contributed by atoms with Gasteiger partial charge in [-0.05, 0) is 37.1 Å². The molecule has 0 radical (unpaired) electrons. The summed E-state index contributed by atoms with van der Waals surface area (Å²) >= 11 is 1.57. The first kappa shape index (κ1) is 10.7. The van der Waals surface area contributed by atoms with E-state index in [1.807, 2.05) is 0 Å². The van der Waals surface area contributed by atoms with Gasteiger partial charge in [0.1, 0.15) is 11.6 Å². The van der Waals surface area contributed by atoms with E-state index in [1.165, 1.54) is 12.1 Å². The fraction of sp³-hybridized carbons (Fsp3) is 0.417. The Hall–Kier alpha value is -0.830. The second-order valence-electron chi connectivity index (χ2n) is 3.77. The van der Waals surface area contributed by atoms with E-state index in [1.54, 1.807) is 23.9 Å². The lowest BCUT2D eigenvalue weighted by Gasteiger charge is -2.19. The number of ketones is 1. The van der Waals surface area contributed by atoms with Gasteiger partial charge in [0.2, 0.25) is 0 Å².